The minimum absolute atomic E-state index is 0.0308. The van der Waals surface area contributed by atoms with Crippen molar-refractivity contribution in [3.05, 3.63) is 172 Å². The molecule has 0 spiro atoms. The lowest BCUT2D eigenvalue weighted by Gasteiger charge is -2.48. The van der Waals surface area contributed by atoms with E-state index in [9.17, 15) is 0 Å². The van der Waals surface area contributed by atoms with Crippen molar-refractivity contribution in [2.75, 3.05) is 9.80 Å². The van der Waals surface area contributed by atoms with Crippen LogP contribution in [0.25, 0.3) is 22.3 Å². The number of rotatable bonds is 4. The highest BCUT2D eigenvalue weighted by Crippen LogP contribution is 2.53. The topological polar surface area (TPSA) is 6.48 Å². The van der Waals surface area contributed by atoms with E-state index >= 15 is 0 Å². The van der Waals surface area contributed by atoms with Crippen LogP contribution in [-0.2, 0) is 32.5 Å². The molecule has 7 aromatic rings. The van der Waals surface area contributed by atoms with Gasteiger partial charge in [0.1, 0.15) is 0 Å². The highest BCUT2D eigenvalue weighted by molar-refractivity contribution is 7.00. The maximum atomic E-state index is 2.71. The van der Waals surface area contributed by atoms with Crippen LogP contribution in [-0.4, -0.2) is 6.71 Å². The summed E-state index contributed by atoms with van der Waals surface area (Å²) in [5, 5.41) is 0. The summed E-state index contributed by atoms with van der Waals surface area (Å²) in [5.74, 6) is 0. The van der Waals surface area contributed by atoms with E-state index < -0.39 is 0 Å². The molecule has 11 rings (SSSR count). The molecule has 0 unspecified atom stereocenters. The summed E-state index contributed by atoms with van der Waals surface area (Å²) in [7, 11) is 0. The molecule has 0 radical (unpaired) electrons. The average Bonchev–Trinajstić information content (AvgIpc) is 3.31. The number of hydrogen-bond donors (Lipinski definition) is 0. The Morgan fingerprint density at radius 1 is 0.400 bits per heavy atom. The molecule has 70 heavy (non-hydrogen) atoms. The van der Waals surface area contributed by atoms with Crippen LogP contribution in [0.1, 0.15) is 162 Å². The van der Waals surface area contributed by atoms with Crippen molar-refractivity contribution in [3.63, 3.8) is 0 Å². The lowest BCUT2D eigenvalue weighted by atomic mass is 9.33. The highest BCUT2D eigenvalue weighted by atomic mass is 15.2. The summed E-state index contributed by atoms with van der Waals surface area (Å²) >= 11 is 0. The molecule has 4 aliphatic rings. The molecule has 0 bridgehead atoms. The fourth-order valence-corrected chi connectivity index (χ4v) is 12.8. The first-order chi connectivity index (χ1) is 32.8. The number of aryl methyl sites for hydroxylation is 1. The molecule has 0 saturated carbocycles. The van der Waals surface area contributed by atoms with Crippen LogP contribution < -0.4 is 26.2 Å². The van der Waals surface area contributed by atoms with Crippen molar-refractivity contribution < 1.29 is 0 Å². The molecule has 2 aliphatic carbocycles. The van der Waals surface area contributed by atoms with Gasteiger partial charge >= 0.3 is 0 Å². The Kier molecular flexibility index (Phi) is 10.4. The van der Waals surface area contributed by atoms with Crippen LogP contribution in [0.5, 0.6) is 0 Å². The predicted octanol–water partition coefficient (Wildman–Crippen LogP) is 16.7. The molecule has 0 atom stereocenters. The lowest BCUT2D eigenvalue weighted by Crippen LogP contribution is -2.62. The van der Waals surface area contributed by atoms with E-state index in [-0.39, 0.29) is 39.2 Å². The first-order valence-corrected chi connectivity index (χ1v) is 26.4. The second kappa shape index (κ2) is 15.6. The Morgan fingerprint density at radius 2 is 0.914 bits per heavy atom. The molecule has 2 aliphatic heterocycles. The van der Waals surface area contributed by atoms with E-state index in [0.29, 0.717) is 0 Å². The Bertz CT molecular complexity index is 3260. The number of benzene rings is 7. The van der Waals surface area contributed by atoms with Gasteiger partial charge in [-0.2, -0.15) is 0 Å². The number of nitrogens with zero attached hydrogens (tertiary/aromatic N) is 2. The Labute approximate surface area is 421 Å². The average molecular weight is 919 g/mol. The first-order valence-electron chi connectivity index (χ1n) is 26.4. The van der Waals surface area contributed by atoms with Crippen LogP contribution in [0.15, 0.2) is 133 Å². The molecular weight excluding hydrogens is 844 g/mol. The standard InChI is InChI=1S/C67H75BN2/c1-42-34-59-61-60(35-42)70(56-28-24-46(62(2,3)4)37-49(56)45-23-19-22-44(36-45)43-20-17-16-18-21-43)57-29-25-47(63(5,6)7)38-54(57)68(61)55-40-52-53(67(14,15)33-32-66(52,12)13)41-58(55)69(59)48-26-27-50-51(39-48)65(10,11)31-30-64(50,8)9/h16-29,34-41H,30-33H2,1-15H3. The zero-order valence-corrected chi connectivity index (χ0v) is 45.0. The van der Waals surface area contributed by atoms with Crippen molar-refractivity contribution in [2.24, 2.45) is 0 Å². The van der Waals surface area contributed by atoms with E-state index in [4.69, 9.17) is 0 Å². The number of fused-ring (bicyclic) bond motifs is 6. The predicted molar refractivity (Wildman–Crippen MR) is 304 cm³/mol. The van der Waals surface area contributed by atoms with Gasteiger partial charge in [-0.3, -0.25) is 0 Å². The van der Waals surface area contributed by atoms with Crippen molar-refractivity contribution in [1.29, 1.82) is 0 Å². The summed E-state index contributed by atoms with van der Waals surface area (Å²) < 4.78 is 0. The van der Waals surface area contributed by atoms with Gasteiger partial charge in [-0.25, -0.2) is 0 Å². The number of hydrogen-bond acceptors (Lipinski definition) is 2. The third kappa shape index (κ3) is 7.42. The SMILES string of the molecule is Cc1cc2c3c(c1)N(c1ccc(C(C)(C)C)cc1-c1cccc(-c4ccccc4)c1)c1ccc(C(C)(C)C)cc1B3c1cc3c(cc1N2c1ccc2c(c1)C(C)(C)CCC2(C)C)C(C)(C)CCC3(C)C. The minimum Gasteiger partial charge on any atom is -0.311 e. The van der Waals surface area contributed by atoms with Crippen molar-refractivity contribution >= 4 is 57.2 Å². The minimum atomic E-state index is -0.0389. The van der Waals surface area contributed by atoms with E-state index in [0.717, 1.165) is 0 Å². The molecule has 0 aromatic heterocycles. The molecule has 2 heterocycles. The molecule has 0 amide bonds. The Morgan fingerprint density at radius 3 is 1.54 bits per heavy atom. The van der Waals surface area contributed by atoms with Crippen molar-refractivity contribution in [3.8, 4) is 22.3 Å². The fourth-order valence-electron chi connectivity index (χ4n) is 12.8. The summed E-state index contributed by atoms with van der Waals surface area (Å²) in [6.45, 7) is 36.3. The molecule has 356 valence electrons. The van der Waals surface area contributed by atoms with Gasteiger partial charge in [0.15, 0.2) is 0 Å². The first kappa shape index (κ1) is 46.6. The van der Waals surface area contributed by atoms with E-state index in [1.54, 1.807) is 0 Å². The second-order valence-corrected chi connectivity index (χ2v) is 26.5. The van der Waals surface area contributed by atoms with Crippen LogP contribution in [0.4, 0.5) is 34.1 Å². The summed E-state index contributed by atoms with van der Waals surface area (Å²) in [6, 6.07) is 52.8. The zero-order chi connectivity index (χ0) is 49.7. The third-order valence-electron chi connectivity index (χ3n) is 17.5. The van der Waals surface area contributed by atoms with Crippen molar-refractivity contribution in [1.82, 2.24) is 0 Å². The van der Waals surface area contributed by atoms with Crippen LogP contribution in [0.3, 0.4) is 0 Å². The number of anilines is 6. The molecular formula is C67H75BN2. The van der Waals surface area contributed by atoms with E-state index in [1.807, 2.05) is 0 Å². The van der Waals surface area contributed by atoms with Crippen LogP contribution in [0, 0.1) is 6.92 Å². The monoisotopic (exact) mass is 919 g/mol. The maximum Gasteiger partial charge on any atom is 0.252 e. The molecule has 3 heteroatoms. The Balaban J connectivity index is 1.25. The van der Waals surface area contributed by atoms with Crippen molar-refractivity contribution in [2.45, 2.75) is 162 Å². The van der Waals surface area contributed by atoms with Gasteiger partial charge in [-0.1, -0.05) is 176 Å². The Hall–Kier alpha value is -5.80. The fraction of sp³-hybridized carbons (Fsp3) is 0.373. The highest BCUT2D eigenvalue weighted by Gasteiger charge is 2.48. The third-order valence-corrected chi connectivity index (χ3v) is 17.5. The van der Waals surface area contributed by atoms with Crippen LogP contribution in [0.2, 0.25) is 0 Å². The van der Waals surface area contributed by atoms with Gasteiger partial charge in [0.25, 0.3) is 6.71 Å². The van der Waals surface area contributed by atoms with Gasteiger partial charge in [-0.15, -0.1) is 0 Å². The van der Waals surface area contributed by atoms with Gasteiger partial charge in [0.2, 0.25) is 0 Å². The normalized spacial score (nSPS) is 18.1. The second-order valence-electron chi connectivity index (χ2n) is 26.5. The molecule has 7 aromatic carbocycles. The van der Waals surface area contributed by atoms with E-state index in [1.165, 1.54) is 137 Å². The quantitative estimate of drug-likeness (QED) is 0.162. The maximum absolute atomic E-state index is 2.71. The van der Waals surface area contributed by atoms with E-state index in [2.05, 4.69) is 247 Å². The summed E-state index contributed by atoms with van der Waals surface area (Å²) in [6.07, 6.45) is 4.73. The summed E-state index contributed by atoms with van der Waals surface area (Å²) in [5.41, 5.74) is 27.0. The van der Waals surface area contributed by atoms with Crippen LogP contribution >= 0.6 is 0 Å². The molecule has 0 fully saturated rings. The molecule has 2 nitrogen and oxygen atoms in total. The van der Waals surface area contributed by atoms with Gasteiger partial charge in [-0.05, 0) is 192 Å². The summed E-state index contributed by atoms with van der Waals surface area (Å²) in [4.78, 5) is 5.37. The van der Waals surface area contributed by atoms with Gasteiger partial charge in [0.05, 0.1) is 5.69 Å². The van der Waals surface area contributed by atoms with Gasteiger partial charge < -0.3 is 9.80 Å². The van der Waals surface area contributed by atoms with Gasteiger partial charge in [0, 0.05) is 34.0 Å². The lowest BCUT2D eigenvalue weighted by molar-refractivity contribution is 0.332. The molecule has 0 saturated heterocycles. The molecule has 0 N–H and O–H groups in total. The largest absolute Gasteiger partial charge is 0.311 e. The zero-order valence-electron chi connectivity index (χ0n) is 45.0. The smallest absolute Gasteiger partial charge is 0.252 e.